The number of aliphatic carboxylic acids is 1. The second-order valence-corrected chi connectivity index (χ2v) is 4.77. The van der Waals surface area contributed by atoms with E-state index in [-0.39, 0.29) is 18.5 Å². The molecule has 0 bridgehead atoms. The molecule has 0 aliphatic carbocycles. The van der Waals surface area contributed by atoms with Crippen molar-refractivity contribution in [2.24, 2.45) is 0 Å². The number of benzene rings is 1. The van der Waals surface area contributed by atoms with Gasteiger partial charge >= 0.3 is 12.0 Å². The summed E-state index contributed by atoms with van der Waals surface area (Å²) in [6.45, 7) is 4.51. The summed E-state index contributed by atoms with van der Waals surface area (Å²) in [6, 6.07) is 6.91. The predicted molar refractivity (Wildman–Crippen MR) is 79.5 cm³/mol. The lowest BCUT2D eigenvalue weighted by Gasteiger charge is -2.15. The summed E-state index contributed by atoms with van der Waals surface area (Å²) in [7, 11) is 0. The third-order valence-electron chi connectivity index (χ3n) is 2.89. The number of urea groups is 1. The summed E-state index contributed by atoms with van der Waals surface area (Å²) >= 11 is 0. The van der Waals surface area contributed by atoms with Gasteiger partial charge in [0.1, 0.15) is 12.4 Å². The van der Waals surface area contributed by atoms with E-state index in [0.717, 1.165) is 11.3 Å². The van der Waals surface area contributed by atoms with Gasteiger partial charge in [-0.1, -0.05) is 19.1 Å². The summed E-state index contributed by atoms with van der Waals surface area (Å²) in [6.07, 6.45) is 0.489. The zero-order valence-corrected chi connectivity index (χ0v) is 12.4. The predicted octanol–water partition coefficient (Wildman–Crippen LogP) is 1.93. The Morgan fingerprint density at radius 1 is 1.38 bits per heavy atom. The van der Waals surface area contributed by atoms with Crippen LogP contribution in [0.4, 0.5) is 4.79 Å². The fourth-order valence-electron chi connectivity index (χ4n) is 1.78. The molecule has 0 aliphatic rings. The first-order valence-electron chi connectivity index (χ1n) is 6.97. The summed E-state index contributed by atoms with van der Waals surface area (Å²) in [5.74, 6) is -0.167. The highest BCUT2D eigenvalue weighted by Crippen LogP contribution is 2.11. The van der Waals surface area contributed by atoms with Gasteiger partial charge in [-0.15, -0.1) is 0 Å². The lowest BCUT2D eigenvalue weighted by molar-refractivity contribution is -0.137. The standard InChI is InChI=1S/C15H22N2O4/c1-3-12(10-14(18)19)17-15(20)16-7-8-21-13-6-4-5-11(2)9-13/h4-6,9,12H,3,7-8,10H2,1-2H3,(H,18,19)(H2,16,17,20). The first-order chi connectivity index (χ1) is 10.0. The molecule has 0 radical (unpaired) electrons. The summed E-state index contributed by atoms with van der Waals surface area (Å²) in [5, 5.41) is 14.0. The second kappa shape index (κ2) is 8.84. The van der Waals surface area contributed by atoms with Gasteiger partial charge in [0, 0.05) is 6.04 Å². The fraction of sp³-hybridized carbons (Fsp3) is 0.467. The van der Waals surface area contributed by atoms with E-state index in [1.807, 2.05) is 38.1 Å². The maximum atomic E-state index is 11.6. The summed E-state index contributed by atoms with van der Waals surface area (Å²) in [4.78, 5) is 22.2. The van der Waals surface area contributed by atoms with Crippen LogP contribution in [0.25, 0.3) is 0 Å². The molecule has 0 spiro atoms. The van der Waals surface area contributed by atoms with Gasteiger partial charge < -0.3 is 20.5 Å². The normalized spacial score (nSPS) is 11.5. The number of carbonyl (C=O) groups is 2. The van der Waals surface area contributed by atoms with Gasteiger partial charge in [-0.2, -0.15) is 0 Å². The third-order valence-corrected chi connectivity index (χ3v) is 2.89. The Morgan fingerprint density at radius 2 is 2.14 bits per heavy atom. The minimum atomic E-state index is -0.926. The molecule has 0 saturated heterocycles. The van der Waals surface area contributed by atoms with Crippen molar-refractivity contribution >= 4 is 12.0 Å². The number of aryl methyl sites for hydroxylation is 1. The number of carboxylic acid groups (broad SMARTS) is 1. The Morgan fingerprint density at radius 3 is 2.76 bits per heavy atom. The van der Waals surface area contributed by atoms with E-state index >= 15 is 0 Å². The molecule has 21 heavy (non-hydrogen) atoms. The minimum absolute atomic E-state index is 0.0797. The molecule has 6 heteroatoms. The van der Waals surface area contributed by atoms with E-state index in [0.29, 0.717) is 19.6 Å². The van der Waals surface area contributed by atoms with Crippen molar-refractivity contribution in [3.05, 3.63) is 29.8 Å². The highest BCUT2D eigenvalue weighted by Gasteiger charge is 2.13. The Labute approximate surface area is 124 Å². The zero-order chi connectivity index (χ0) is 15.7. The van der Waals surface area contributed by atoms with Crippen LogP contribution < -0.4 is 15.4 Å². The molecule has 116 valence electrons. The van der Waals surface area contributed by atoms with E-state index < -0.39 is 5.97 Å². The molecule has 0 aromatic heterocycles. The lowest BCUT2D eigenvalue weighted by Crippen LogP contribution is -2.43. The third kappa shape index (κ3) is 7.20. The van der Waals surface area contributed by atoms with Crippen molar-refractivity contribution in [2.45, 2.75) is 32.7 Å². The van der Waals surface area contributed by atoms with Gasteiger partial charge in [0.05, 0.1) is 13.0 Å². The van der Waals surface area contributed by atoms with E-state index in [4.69, 9.17) is 9.84 Å². The highest BCUT2D eigenvalue weighted by atomic mass is 16.5. The maximum absolute atomic E-state index is 11.6. The minimum Gasteiger partial charge on any atom is -0.492 e. The maximum Gasteiger partial charge on any atom is 0.315 e. The van der Waals surface area contributed by atoms with Gasteiger partial charge in [0.25, 0.3) is 0 Å². The van der Waals surface area contributed by atoms with Gasteiger partial charge in [-0.3, -0.25) is 4.79 Å². The van der Waals surface area contributed by atoms with Crippen LogP contribution >= 0.6 is 0 Å². The van der Waals surface area contributed by atoms with Crippen LogP contribution in [0, 0.1) is 6.92 Å². The Hall–Kier alpha value is -2.24. The molecule has 2 amide bonds. The average Bonchev–Trinajstić information content (AvgIpc) is 2.42. The molecule has 1 rings (SSSR count). The van der Waals surface area contributed by atoms with Crippen molar-refractivity contribution in [3.8, 4) is 5.75 Å². The molecular formula is C15H22N2O4. The van der Waals surface area contributed by atoms with E-state index in [2.05, 4.69) is 10.6 Å². The van der Waals surface area contributed by atoms with Crippen LogP contribution in [0.15, 0.2) is 24.3 Å². The molecule has 1 unspecified atom stereocenters. The van der Waals surface area contributed by atoms with E-state index in [1.54, 1.807) is 0 Å². The number of carbonyl (C=O) groups excluding carboxylic acids is 1. The molecule has 3 N–H and O–H groups in total. The number of amides is 2. The SMILES string of the molecule is CCC(CC(=O)O)NC(=O)NCCOc1cccc(C)c1. The van der Waals surface area contributed by atoms with Gasteiger partial charge in [-0.25, -0.2) is 4.79 Å². The Kier molecular flexibility index (Phi) is 7.08. The Bertz CT molecular complexity index is 476. The number of hydrogen-bond acceptors (Lipinski definition) is 3. The van der Waals surface area contributed by atoms with Crippen molar-refractivity contribution in [2.75, 3.05) is 13.2 Å². The van der Waals surface area contributed by atoms with Gasteiger partial charge in [-0.05, 0) is 31.0 Å². The van der Waals surface area contributed by atoms with Crippen molar-refractivity contribution in [1.82, 2.24) is 10.6 Å². The number of ether oxygens (including phenoxy) is 1. The molecule has 0 saturated carbocycles. The van der Waals surface area contributed by atoms with Crippen LogP contribution in [0.3, 0.4) is 0 Å². The van der Waals surface area contributed by atoms with Crippen LogP contribution in [0.5, 0.6) is 5.75 Å². The molecule has 0 heterocycles. The number of carboxylic acids is 1. The molecule has 1 atom stereocenters. The van der Waals surface area contributed by atoms with Gasteiger partial charge in [0.2, 0.25) is 0 Å². The van der Waals surface area contributed by atoms with E-state index in [1.165, 1.54) is 0 Å². The van der Waals surface area contributed by atoms with Crippen LogP contribution in [-0.4, -0.2) is 36.3 Å². The van der Waals surface area contributed by atoms with Gasteiger partial charge in [0.15, 0.2) is 0 Å². The number of nitrogens with one attached hydrogen (secondary N) is 2. The fourth-order valence-corrected chi connectivity index (χ4v) is 1.78. The number of hydrogen-bond donors (Lipinski definition) is 3. The lowest BCUT2D eigenvalue weighted by atomic mass is 10.1. The summed E-state index contributed by atoms with van der Waals surface area (Å²) < 4.78 is 5.50. The smallest absolute Gasteiger partial charge is 0.315 e. The highest BCUT2D eigenvalue weighted by molar-refractivity contribution is 5.75. The largest absolute Gasteiger partial charge is 0.492 e. The quantitative estimate of drug-likeness (QED) is 0.639. The second-order valence-electron chi connectivity index (χ2n) is 4.77. The topological polar surface area (TPSA) is 87.7 Å². The van der Waals surface area contributed by atoms with E-state index in [9.17, 15) is 9.59 Å². The first-order valence-corrected chi connectivity index (χ1v) is 6.97. The van der Waals surface area contributed by atoms with Crippen molar-refractivity contribution < 1.29 is 19.4 Å². The zero-order valence-electron chi connectivity index (χ0n) is 12.4. The molecule has 0 aliphatic heterocycles. The molecular weight excluding hydrogens is 272 g/mol. The van der Waals surface area contributed by atoms with Crippen LogP contribution in [-0.2, 0) is 4.79 Å². The molecule has 6 nitrogen and oxygen atoms in total. The Balaban J connectivity index is 2.22. The van der Waals surface area contributed by atoms with Crippen LogP contribution in [0.1, 0.15) is 25.3 Å². The molecule has 1 aromatic carbocycles. The van der Waals surface area contributed by atoms with Crippen molar-refractivity contribution in [1.29, 1.82) is 0 Å². The number of rotatable bonds is 8. The summed E-state index contributed by atoms with van der Waals surface area (Å²) in [5.41, 5.74) is 1.11. The molecule has 0 fully saturated rings. The van der Waals surface area contributed by atoms with Crippen LogP contribution in [0.2, 0.25) is 0 Å². The average molecular weight is 294 g/mol. The van der Waals surface area contributed by atoms with Crippen molar-refractivity contribution in [3.63, 3.8) is 0 Å². The molecule has 1 aromatic rings. The monoisotopic (exact) mass is 294 g/mol. The first kappa shape index (κ1) is 16.8.